The minimum atomic E-state index is -5.81. The molecule has 0 bridgehead atoms. The Hall–Kier alpha value is -2.62. The van der Waals surface area contributed by atoms with Crippen molar-refractivity contribution >= 4 is 11.8 Å². The van der Waals surface area contributed by atoms with Gasteiger partial charge < -0.3 is 24.0 Å². The van der Waals surface area contributed by atoms with Gasteiger partial charge in [0.2, 0.25) is 0 Å². The van der Waals surface area contributed by atoms with E-state index in [1.165, 1.54) is 12.1 Å². The number of alkyl halides is 9. The van der Waals surface area contributed by atoms with Gasteiger partial charge in [0.25, 0.3) is 6.10 Å². The Morgan fingerprint density at radius 3 is 2.03 bits per heavy atom. The molecule has 4 rings (SSSR count). The third-order valence-corrected chi connectivity index (χ3v) is 6.68. The van der Waals surface area contributed by atoms with Crippen LogP contribution in [0.3, 0.4) is 0 Å². The first-order valence-corrected chi connectivity index (χ1v) is 11.6. The molecule has 3 aliphatic rings. The number of amides is 1. The van der Waals surface area contributed by atoms with E-state index in [1.54, 1.807) is 11.0 Å². The molecule has 0 N–H and O–H groups in total. The molecule has 3 fully saturated rings. The van der Waals surface area contributed by atoms with Crippen molar-refractivity contribution in [3.63, 3.8) is 0 Å². The Morgan fingerprint density at radius 1 is 0.921 bits per heavy atom. The van der Waals surface area contributed by atoms with Gasteiger partial charge in [-0.3, -0.25) is 4.90 Å². The number of carbonyl (C=O) groups is 1. The van der Waals surface area contributed by atoms with Crippen LogP contribution in [-0.4, -0.2) is 93.2 Å². The molecule has 2 unspecified atom stereocenters. The predicted octanol–water partition coefficient (Wildman–Crippen LogP) is 4.42. The van der Waals surface area contributed by atoms with Crippen molar-refractivity contribution in [1.82, 2.24) is 9.80 Å². The summed E-state index contributed by atoms with van der Waals surface area (Å²) in [6.45, 7) is 2.22. The number of fused-ring (bicyclic) bond motifs is 1. The number of benzene rings is 1. The van der Waals surface area contributed by atoms with Crippen LogP contribution < -0.4 is 9.64 Å². The van der Waals surface area contributed by atoms with Crippen molar-refractivity contribution in [3.05, 3.63) is 23.8 Å². The number of morpholine rings is 1. The van der Waals surface area contributed by atoms with E-state index in [-0.39, 0.29) is 55.9 Å². The summed E-state index contributed by atoms with van der Waals surface area (Å²) in [7, 11) is 0. The summed E-state index contributed by atoms with van der Waals surface area (Å²) < 4.78 is 129. The lowest BCUT2D eigenvalue weighted by Crippen LogP contribution is -2.48. The predicted molar refractivity (Wildman–Crippen MR) is 112 cm³/mol. The van der Waals surface area contributed by atoms with Crippen molar-refractivity contribution in [2.75, 3.05) is 57.4 Å². The fourth-order valence-electron chi connectivity index (χ4n) is 5.02. The summed E-state index contributed by atoms with van der Waals surface area (Å²) in [5.74, 6) is -0.955. The number of halogens is 9. The molecule has 0 saturated carbocycles. The van der Waals surface area contributed by atoms with Crippen LogP contribution in [0.1, 0.15) is 5.56 Å². The quantitative estimate of drug-likeness (QED) is 0.494. The molecular formula is C22H24F9N3O4. The Balaban J connectivity index is 1.38. The molecule has 0 aromatic heterocycles. The third kappa shape index (κ3) is 6.87. The number of nitrogens with zero attached hydrogens (tertiary/aromatic N) is 3. The van der Waals surface area contributed by atoms with Crippen molar-refractivity contribution in [3.8, 4) is 5.75 Å². The number of anilines is 1. The van der Waals surface area contributed by atoms with Gasteiger partial charge >= 0.3 is 24.8 Å². The lowest BCUT2D eigenvalue weighted by atomic mass is 10.0. The van der Waals surface area contributed by atoms with Crippen molar-refractivity contribution < 1.29 is 58.5 Å². The summed E-state index contributed by atoms with van der Waals surface area (Å²) in [5.41, 5.74) is 0.800. The fraction of sp³-hybridized carbons (Fsp3) is 0.682. The van der Waals surface area contributed by atoms with Crippen LogP contribution in [0.25, 0.3) is 0 Å². The van der Waals surface area contributed by atoms with Gasteiger partial charge in [-0.15, -0.1) is 13.2 Å². The first kappa shape index (κ1) is 28.4. The van der Waals surface area contributed by atoms with Crippen LogP contribution >= 0.6 is 0 Å². The highest BCUT2D eigenvalue weighted by Gasteiger charge is 2.60. The molecule has 1 amide bonds. The lowest BCUT2D eigenvalue weighted by Gasteiger charge is -2.30. The number of likely N-dealkylation sites (tertiary alicyclic amines) is 2. The molecule has 3 heterocycles. The zero-order chi connectivity index (χ0) is 27.9. The largest absolute Gasteiger partial charge is 0.573 e. The monoisotopic (exact) mass is 565 g/mol. The molecule has 16 heteroatoms. The first-order valence-electron chi connectivity index (χ1n) is 11.6. The van der Waals surface area contributed by atoms with Crippen LogP contribution in [0.5, 0.6) is 5.75 Å². The summed E-state index contributed by atoms with van der Waals surface area (Å²) in [4.78, 5) is 16.5. The summed E-state index contributed by atoms with van der Waals surface area (Å²) in [5, 5.41) is 0. The van der Waals surface area contributed by atoms with Gasteiger partial charge in [0.1, 0.15) is 5.75 Å². The minimum Gasteiger partial charge on any atom is -0.426 e. The van der Waals surface area contributed by atoms with Gasteiger partial charge in [0, 0.05) is 63.1 Å². The molecule has 0 spiro atoms. The summed E-state index contributed by atoms with van der Waals surface area (Å²) >= 11 is 0. The van der Waals surface area contributed by atoms with Crippen LogP contribution in [0.2, 0.25) is 0 Å². The van der Waals surface area contributed by atoms with E-state index in [0.717, 1.165) is 4.90 Å². The maximum absolute atomic E-state index is 13.1. The highest BCUT2D eigenvalue weighted by atomic mass is 19.4. The first-order chi connectivity index (χ1) is 17.6. The molecule has 3 aliphatic heterocycles. The average Bonchev–Trinajstić information content (AvgIpc) is 3.35. The SMILES string of the molecule is O=C(OC(C(F)(F)F)C(F)(F)F)N1CC2CN(Cc3ccc(N4CCOCC4)cc3OC(F)(F)F)CC2C1. The standard InChI is InChI=1S/C22H24F9N3O4/c23-20(24,25)18(21(26,27)28)37-19(35)34-11-14-9-32(10-15(14)12-34)8-13-1-2-16(33-3-5-36-6-4-33)7-17(13)38-22(29,30)31/h1-2,7,14-15,18H,3-6,8-12H2. The second-order valence-corrected chi connectivity index (χ2v) is 9.41. The number of rotatable bonds is 5. The molecule has 0 radical (unpaired) electrons. The molecule has 38 heavy (non-hydrogen) atoms. The van der Waals surface area contributed by atoms with Crippen LogP contribution in [0.15, 0.2) is 18.2 Å². The third-order valence-electron chi connectivity index (χ3n) is 6.68. The minimum absolute atomic E-state index is 0.0659. The number of ether oxygens (including phenoxy) is 3. The maximum atomic E-state index is 13.1. The van der Waals surface area contributed by atoms with Gasteiger partial charge in [0.15, 0.2) is 0 Å². The zero-order valence-corrected chi connectivity index (χ0v) is 19.7. The molecule has 7 nitrogen and oxygen atoms in total. The molecule has 0 aliphatic carbocycles. The maximum Gasteiger partial charge on any atom is 0.573 e. The van der Waals surface area contributed by atoms with Crippen LogP contribution in [0, 0.1) is 11.8 Å². The Bertz CT molecular complexity index is 968. The van der Waals surface area contributed by atoms with Gasteiger partial charge in [0.05, 0.1) is 13.2 Å². The number of carbonyl (C=O) groups excluding carboxylic acids is 1. The van der Waals surface area contributed by atoms with Crippen molar-refractivity contribution in [1.29, 1.82) is 0 Å². The molecule has 1 aromatic carbocycles. The van der Waals surface area contributed by atoms with Crippen molar-refractivity contribution in [2.24, 2.45) is 11.8 Å². The van der Waals surface area contributed by atoms with E-state index in [2.05, 4.69) is 9.47 Å². The second kappa shape index (κ2) is 10.5. The number of hydrogen-bond acceptors (Lipinski definition) is 6. The molecule has 2 atom stereocenters. The van der Waals surface area contributed by atoms with Gasteiger partial charge in [-0.1, -0.05) is 6.07 Å². The number of hydrogen-bond donors (Lipinski definition) is 0. The summed E-state index contributed by atoms with van der Waals surface area (Å²) in [6.07, 6.45) is -22.5. The van der Waals surface area contributed by atoms with E-state index in [0.29, 0.717) is 32.0 Å². The van der Waals surface area contributed by atoms with Gasteiger partial charge in [-0.25, -0.2) is 4.79 Å². The van der Waals surface area contributed by atoms with Gasteiger partial charge in [-0.2, -0.15) is 26.3 Å². The van der Waals surface area contributed by atoms with E-state index in [1.807, 2.05) is 4.90 Å². The summed E-state index contributed by atoms with van der Waals surface area (Å²) in [6, 6.07) is 4.51. The van der Waals surface area contributed by atoms with E-state index in [4.69, 9.17) is 4.74 Å². The Morgan fingerprint density at radius 2 is 1.50 bits per heavy atom. The molecule has 1 aromatic rings. The molecule has 214 valence electrons. The fourth-order valence-corrected chi connectivity index (χ4v) is 5.02. The zero-order valence-electron chi connectivity index (χ0n) is 19.7. The topological polar surface area (TPSA) is 54.5 Å². The van der Waals surface area contributed by atoms with Crippen LogP contribution in [-0.2, 0) is 16.0 Å². The molecular weight excluding hydrogens is 541 g/mol. The van der Waals surface area contributed by atoms with E-state index in [9.17, 15) is 44.3 Å². The van der Waals surface area contributed by atoms with E-state index >= 15 is 0 Å². The normalized spacial score (nSPS) is 23.2. The molecule has 3 saturated heterocycles. The van der Waals surface area contributed by atoms with Crippen molar-refractivity contribution in [2.45, 2.75) is 31.4 Å². The van der Waals surface area contributed by atoms with Gasteiger partial charge in [-0.05, 0) is 17.9 Å². The van der Waals surface area contributed by atoms with Crippen LogP contribution in [0.4, 0.5) is 50.0 Å². The smallest absolute Gasteiger partial charge is 0.426 e. The lowest BCUT2D eigenvalue weighted by molar-refractivity contribution is -0.308. The highest BCUT2D eigenvalue weighted by Crippen LogP contribution is 2.39. The highest BCUT2D eigenvalue weighted by molar-refractivity contribution is 5.68. The Labute approximate surface area is 211 Å². The second-order valence-electron chi connectivity index (χ2n) is 9.41. The Kier molecular flexibility index (Phi) is 7.85. The van der Waals surface area contributed by atoms with E-state index < -0.39 is 30.9 Å². The average molecular weight is 565 g/mol.